The van der Waals surface area contributed by atoms with E-state index < -0.39 is 21.7 Å². The second kappa shape index (κ2) is 8.18. The number of carbonyl (C=O) groups is 1. The molecule has 0 saturated heterocycles. The Morgan fingerprint density at radius 1 is 1.00 bits per heavy atom. The summed E-state index contributed by atoms with van der Waals surface area (Å²) in [7, 11) is -3.87. The van der Waals surface area contributed by atoms with Crippen molar-refractivity contribution >= 4 is 33.2 Å². The molecule has 4 rings (SSSR count). The molecule has 0 unspecified atom stereocenters. The Morgan fingerprint density at radius 3 is 2.50 bits per heavy atom. The van der Waals surface area contributed by atoms with Crippen LogP contribution in [0.15, 0.2) is 71.6 Å². The molecule has 0 spiro atoms. The van der Waals surface area contributed by atoms with Gasteiger partial charge in [-0.25, -0.2) is 12.8 Å². The lowest BCUT2D eigenvalue weighted by molar-refractivity contribution is 0.102. The largest absolute Gasteiger partial charge is 0.319 e. The topological polar surface area (TPSA) is 66.5 Å². The highest BCUT2D eigenvalue weighted by molar-refractivity contribution is 7.89. The summed E-state index contributed by atoms with van der Waals surface area (Å²) in [6, 6.07) is 17.4. The normalized spacial score (nSPS) is 14.2. The Kier molecular flexibility index (Phi) is 5.60. The fourth-order valence-corrected chi connectivity index (χ4v) is 5.03. The Morgan fingerprint density at radius 2 is 1.77 bits per heavy atom. The Labute approximate surface area is 179 Å². The third-order valence-corrected chi connectivity index (χ3v) is 7.09. The maximum absolute atomic E-state index is 14.6. The molecule has 0 saturated carbocycles. The van der Waals surface area contributed by atoms with Crippen molar-refractivity contribution in [3.63, 3.8) is 0 Å². The van der Waals surface area contributed by atoms with Crippen LogP contribution in [0.1, 0.15) is 21.5 Å². The Bertz CT molecular complexity index is 1230. The lowest BCUT2D eigenvalue weighted by Crippen LogP contribution is -2.36. The first-order chi connectivity index (χ1) is 14.3. The number of anilines is 1. The fourth-order valence-electron chi connectivity index (χ4n) is 3.41. The van der Waals surface area contributed by atoms with Gasteiger partial charge in [0.1, 0.15) is 5.82 Å². The number of rotatable bonds is 4. The molecular weight excluding hydrogens is 427 g/mol. The van der Waals surface area contributed by atoms with E-state index in [-0.39, 0.29) is 22.7 Å². The van der Waals surface area contributed by atoms with E-state index in [0.717, 1.165) is 17.2 Å². The zero-order valence-corrected chi connectivity index (χ0v) is 17.4. The smallest absolute Gasteiger partial charge is 0.255 e. The number of fused-ring (bicyclic) bond motifs is 1. The predicted molar refractivity (Wildman–Crippen MR) is 114 cm³/mol. The zero-order valence-electron chi connectivity index (χ0n) is 15.8. The van der Waals surface area contributed by atoms with Gasteiger partial charge in [-0.15, -0.1) is 0 Å². The van der Waals surface area contributed by atoms with Gasteiger partial charge in [0.05, 0.1) is 10.6 Å². The van der Waals surface area contributed by atoms with Crippen LogP contribution in [0.5, 0.6) is 0 Å². The SMILES string of the molecule is O=C(Nc1ccc(S(=O)(=O)N2CCc3ccccc3C2)cc1F)c1cccc(Cl)c1. The van der Waals surface area contributed by atoms with Crippen molar-refractivity contribution in [2.45, 2.75) is 17.9 Å². The van der Waals surface area contributed by atoms with Gasteiger partial charge in [-0.3, -0.25) is 4.79 Å². The molecule has 1 heterocycles. The average molecular weight is 445 g/mol. The first kappa shape index (κ1) is 20.5. The van der Waals surface area contributed by atoms with Crippen molar-refractivity contribution < 1.29 is 17.6 Å². The molecule has 1 aliphatic heterocycles. The van der Waals surface area contributed by atoms with E-state index >= 15 is 0 Å². The first-order valence-corrected chi connectivity index (χ1v) is 11.1. The lowest BCUT2D eigenvalue weighted by Gasteiger charge is -2.28. The standard InChI is InChI=1S/C22H18ClFN2O3S/c23-18-7-3-6-16(12-18)22(27)25-21-9-8-19(13-20(21)24)30(28,29)26-11-10-15-4-1-2-5-17(15)14-26/h1-9,12-13H,10-11,14H2,(H,25,27). The summed E-state index contributed by atoms with van der Waals surface area (Å²) in [5.74, 6) is -1.37. The number of nitrogens with one attached hydrogen (secondary N) is 1. The van der Waals surface area contributed by atoms with Crippen molar-refractivity contribution in [2.75, 3.05) is 11.9 Å². The van der Waals surface area contributed by atoms with Crippen LogP contribution in [-0.4, -0.2) is 25.2 Å². The van der Waals surface area contributed by atoms with Crippen molar-refractivity contribution in [1.29, 1.82) is 0 Å². The van der Waals surface area contributed by atoms with E-state index in [1.165, 1.54) is 22.5 Å². The van der Waals surface area contributed by atoms with Crippen LogP contribution in [0.4, 0.5) is 10.1 Å². The van der Waals surface area contributed by atoms with E-state index in [1.54, 1.807) is 18.2 Å². The lowest BCUT2D eigenvalue weighted by atomic mass is 10.0. The van der Waals surface area contributed by atoms with E-state index in [1.807, 2.05) is 24.3 Å². The van der Waals surface area contributed by atoms with Crippen molar-refractivity contribution in [2.24, 2.45) is 0 Å². The monoisotopic (exact) mass is 444 g/mol. The van der Waals surface area contributed by atoms with E-state index in [9.17, 15) is 17.6 Å². The Hall–Kier alpha value is -2.74. The van der Waals surface area contributed by atoms with Crippen LogP contribution in [0, 0.1) is 5.82 Å². The molecule has 0 fully saturated rings. The van der Waals surface area contributed by atoms with Gasteiger partial charge >= 0.3 is 0 Å². The molecule has 1 amide bonds. The zero-order chi connectivity index (χ0) is 21.3. The minimum Gasteiger partial charge on any atom is -0.319 e. The van der Waals surface area contributed by atoms with Gasteiger partial charge in [0.15, 0.2) is 0 Å². The fraction of sp³-hybridized carbons (Fsp3) is 0.136. The van der Waals surface area contributed by atoms with E-state index in [4.69, 9.17) is 11.6 Å². The molecular formula is C22H18ClFN2O3S. The molecule has 5 nitrogen and oxygen atoms in total. The van der Waals surface area contributed by atoms with Crippen LogP contribution < -0.4 is 5.32 Å². The Balaban J connectivity index is 1.55. The molecule has 0 radical (unpaired) electrons. The number of nitrogens with zero attached hydrogens (tertiary/aromatic N) is 1. The molecule has 3 aromatic carbocycles. The quantitative estimate of drug-likeness (QED) is 0.645. The van der Waals surface area contributed by atoms with Crippen LogP contribution in [-0.2, 0) is 23.0 Å². The highest BCUT2D eigenvalue weighted by Gasteiger charge is 2.29. The number of hydrogen-bond donors (Lipinski definition) is 1. The summed E-state index contributed by atoms with van der Waals surface area (Å²) in [5, 5.41) is 2.83. The maximum atomic E-state index is 14.6. The summed E-state index contributed by atoms with van der Waals surface area (Å²) in [6.07, 6.45) is 0.603. The van der Waals surface area contributed by atoms with Crippen molar-refractivity contribution in [3.05, 3.63) is 94.3 Å². The number of hydrogen-bond acceptors (Lipinski definition) is 3. The third-order valence-electron chi connectivity index (χ3n) is 5.01. The summed E-state index contributed by atoms with van der Waals surface area (Å²) < 4.78 is 42.0. The number of benzene rings is 3. The van der Waals surface area contributed by atoms with Crippen LogP contribution >= 0.6 is 11.6 Å². The van der Waals surface area contributed by atoms with Gasteiger partial charge in [-0.1, -0.05) is 41.9 Å². The molecule has 30 heavy (non-hydrogen) atoms. The van der Waals surface area contributed by atoms with Crippen LogP contribution in [0.25, 0.3) is 0 Å². The number of halogens is 2. The molecule has 0 aromatic heterocycles. The molecule has 0 bridgehead atoms. The second-order valence-electron chi connectivity index (χ2n) is 6.96. The minimum absolute atomic E-state index is 0.108. The van der Waals surface area contributed by atoms with Gasteiger partial charge < -0.3 is 5.32 Å². The highest BCUT2D eigenvalue weighted by atomic mass is 35.5. The summed E-state index contributed by atoms with van der Waals surface area (Å²) in [5.41, 5.74) is 2.22. The van der Waals surface area contributed by atoms with Gasteiger partial charge in [-0.05, 0) is 53.9 Å². The van der Waals surface area contributed by atoms with E-state index in [0.29, 0.717) is 18.0 Å². The second-order valence-corrected chi connectivity index (χ2v) is 9.34. The predicted octanol–water partition coefficient (Wildman–Crippen LogP) is 4.48. The van der Waals surface area contributed by atoms with Gasteiger partial charge in [-0.2, -0.15) is 4.31 Å². The summed E-state index contributed by atoms with van der Waals surface area (Å²) in [6.45, 7) is 0.571. The molecule has 154 valence electrons. The first-order valence-electron chi connectivity index (χ1n) is 9.28. The number of sulfonamides is 1. The van der Waals surface area contributed by atoms with Crippen molar-refractivity contribution in [1.82, 2.24) is 4.31 Å². The van der Waals surface area contributed by atoms with Crippen molar-refractivity contribution in [3.8, 4) is 0 Å². The number of carbonyl (C=O) groups excluding carboxylic acids is 1. The van der Waals surface area contributed by atoms with Gasteiger partial charge in [0, 0.05) is 23.7 Å². The van der Waals surface area contributed by atoms with Gasteiger partial charge in [0.2, 0.25) is 10.0 Å². The molecule has 1 N–H and O–H groups in total. The highest BCUT2D eigenvalue weighted by Crippen LogP contribution is 2.27. The van der Waals surface area contributed by atoms with E-state index in [2.05, 4.69) is 5.32 Å². The number of amides is 1. The maximum Gasteiger partial charge on any atom is 0.255 e. The van der Waals surface area contributed by atoms with Crippen LogP contribution in [0.2, 0.25) is 5.02 Å². The van der Waals surface area contributed by atoms with Crippen LogP contribution in [0.3, 0.4) is 0 Å². The molecule has 3 aromatic rings. The van der Waals surface area contributed by atoms with Gasteiger partial charge in [0.25, 0.3) is 5.91 Å². The minimum atomic E-state index is -3.87. The molecule has 1 aliphatic rings. The summed E-state index contributed by atoms with van der Waals surface area (Å²) in [4.78, 5) is 12.1. The third kappa shape index (κ3) is 4.09. The molecule has 0 atom stereocenters. The molecule has 8 heteroatoms. The summed E-state index contributed by atoms with van der Waals surface area (Å²) >= 11 is 5.87. The average Bonchev–Trinajstić information content (AvgIpc) is 2.74. The molecule has 0 aliphatic carbocycles.